The average Bonchev–Trinajstić information content (AvgIpc) is 2.34. The van der Waals surface area contributed by atoms with Gasteiger partial charge in [-0.1, -0.05) is 25.0 Å². The normalized spacial score (nSPS) is 14.5. The van der Waals surface area contributed by atoms with Gasteiger partial charge in [-0.25, -0.2) is 0 Å². The summed E-state index contributed by atoms with van der Waals surface area (Å²) in [7, 11) is 0. The summed E-state index contributed by atoms with van der Waals surface area (Å²) in [4.78, 5) is 0. The highest BCUT2D eigenvalue weighted by atomic mass is 19.4. The van der Waals surface area contributed by atoms with E-state index in [9.17, 15) is 13.2 Å². The maximum atomic E-state index is 12.0. The van der Waals surface area contributed by atoms with Gasteiger partial charge < -0.3 is 4.74 Å². The smallest absolute Gasteiger partial charge is 0.406 e. The van der Waals surface area contributed by atoms with Crippen molar-refractivity contribution in [2.75, 3.05) is 0 Å². The van der Waals surface area contributed by atoms with Crippen molar-refractivity contribution in [2.45, 2.75) is 38.7 Å². The molecule has 0 bridgehead atoms. The van der Waals surface area contributed by atoms with E-state index in [0.717, 1.165) is 12.0 Å². The topological polar surface area (TPSA) is 21.3 Å². The molecule has 1 N–H and O–H groups in total. The Bertz CT molecular complexity index is 433. The van der Waals surface area contributed by atoms with Crippen LogP contribution in [0.5, 0.6) is 5.75 Å². The minimum atomic E-state index is -4.66. The van der Waals surface area contributed by atoms with Gasteiger partial charge in [0.15, 0.2) is 0 Å². The van der Waals surface area contributed by atoms with Crippen molar-refractivity contribution < 1.29 is 17.9 Å². The number of halogens is 3. The fraction of sp³-hybridized carbons (Fsp3) is 0.429. The predicted molar refractivity (Wildman–Crippen MR) is 67.6 cm³/mol. The first-order chi connectivity index (χ1) is 8.85. The molecule has 2 atom stereocenters. The summed E-state index contributed by atoms with van der Waals surface area (Å²) in [6, 6.07) is 5.65. The minimum Gasteiger partial charge on any atom is -0.406 e. The van der Waals surface area contributed by atoms with E-state index in [-0.39, 0.29) is 17.8 Å². The third-order valence-electron chi connectivity index (χ3n) is 2.67. The van der Waals surface area contributed by atoms with Crippen LogP contribution in [0.3, 0.4) is 0 Å². The van der Waals surface area contributed by atoms with Crippen molar-refractivity contribution in [2.24, 2.45) is 0 Å². The molecule has 104 valence electrons. The number of hydrogen-bond donors (Lipinski definition) is 1. The molecule has 0 radical (unpaired) electrons. The van der Waals surface area contributed by atoms with Crippen LogP contribution in [0.1, 0.15) is 31.9 Å². The number of ether oxygens (including phenoxy) is 1. The van der Waals surface area contributed by atoms with E-state index in [1.165, 1.54) is 12.1 Å². The van der Waals surface area contributed by atoms with Crippen molar-refractivity contribution in [1.82, 2.24) is 5.32 Å². The number of hydrogen-bond acceptors (Lipinski definition) is 2. The molecule has 5 heteroatoms. The van der Waals surface area contributed by atoms with Gasteiger partial charge in [0.25, 0.3) is 0 Å². The summed E-state index contributed by atoms with van der Waals surface area (Å²) in [5, 5.41) is 3.20. The highest BCUT2D eigenvalue weighted by Gasteiger charge is 2.31. The van der Waals surface area contributed by atoms with E-state index >= 15 is 0 Å². The fourth-order valence-corrected chi connectivity index (χ4v) is 1.64. The molecule has 0 heterocycles. The summed E-state index contributed by atoms with van der Waals surface area (Å²) in [5.41, 5.74) is 0.850. The molecule has 0 saturated heterocycles. The Balaban J connectivity index is 2.68. The Morgan fingerprint density at radius 2 is 1.89 bits per heavy atom. The van der Waals surface area contributed by atoms with Crippen molar-refractivity contribution in [1.29, 1.82) is 0 Å². The molecule has 0 aliphatic heterocycles. The lowest BCUT2D eigenvalue weighted by Crippen LogP contribution is -2.29. The van der Waals surface area contributed by atoms with Crippen molar-refractivity contribution in [3.8, 4) is 18.1 Å². The molecule has 0 aromatic heterocycles. The standard InChI is InChI=1S/C14H16F3NO/c1-4-12(5-2)18-10(3)11-6-8-13(9-7-11)19-14(15,16)17/h1,6-10,12,18H,5H2,2-3H3. The fourth-order valence-electron chi connectivity index (χ4n) is 1.64. The number of alkyl halides is 3. The third kappa shape index (κ3) is 5.23. The van der Waals surface area contributed by atoms with Crippen LogP contribution in [0.15, 0.2) is 24.3 Å². The van der Waals surface area contributed by atoms with E-state index in [4.69, 9.17) is 6.42 Å². The lowest BCUT2D eigenvalue weighted by molar-refractivity contribution is -0.274. The molecule has 0 saturated carbocycles. The Kier molecular flexibility index (Phi) is 5.25. The first-order valence-corrected chi connectivity index (χ1v) is 5.93. The second kappa shape index (κ2) is 6.48. The highest BCUT2D eigenvalue weighted by Crippen LogP contribution is 2.24. The average molecular weight is 271 g/mol. The molecular weight excluding hydrogens is 255 g/mol. The predicted octanol–water partition coefficient (Wildman–Crippen LogP) is 3.65. The first kappa shape index (κ1) is 15.4. The van der Waals surface area contributed by atoms with Crippen LogP contribution in [0.2, 0.25) is 0 Å². The van der Waals surface area contributed by atoms with Gasteiger partial charge in [0, 0.05) is 6.04 Å². The maximum absolute atomic E-state index is 12.0. The molecule has 19 heavy (non-hydrogen) atoms. The molecular formula is C14H16F3NO. The lowest BCUT2D eigenvalue weighted by Gasteiger charge is -2.19. The van der Waals surface area contributed by atoms with E-state index in [2.05, 4.69) is 16.0 Å². The Labute approximate surface area is 111 Å². The van der Waals surface area contributed by atoms with Gasteiger partial charge in [0.1, 0.15) is 5.75 Å². The van der Waals surface area contributed by atoms with Crippen LogP contribution in [-0.4, -0.2) is 12.4 Å². The minimum absolute atomic E-state index is 0.0408. The molecule has 1 aromatic carbocycles. The van der Waals surface area contributed by atoms with E-state index < -0.39 is 6.36 Å². The number of terminal acetylenes is 1. The second-order valence-electron chi connectivity index (χ2n) is 4.13. The Morgan fingerprint density at radius 1 is 1.32 bits per heavy atom. The molecule has 2 unspecified atom stereocenters. The third-order valence-corrected chi connectivity index (χ3v) is 2.67. The zero-order valence-corrected chi connectivity index (χ0v) is 10.8. The van der Waals surface area contributed by atoms with E-state index in [1.54, 1.807) is 12.1 Å². The Morgan fingerprint density at radius 3 is 2.32 bits per heavy atom. The van der Waals surface area contributed by atoms with Gasteiger partial charge in [-0.2, -0.15) is 0 Å². The van der Waals surface area contributed by atoms with Gasteiger partial charge in [-0.3, -0.25) is 5.32 Å². The van der Waals surface area contributed by atoms with E-state index in [1.807, 2.05) is 13.8 Å². The van der Waals surface area contributed by atoms with Gasteiger partial charge in [-0.15, -0.1) is 19.6 Å². The monoisotopic (exact) mass is 271 g/mol. The molecule has 1 aromatic rings. The van der Waals surface area contributed by atoms with E-state index in [0.29, 0.717) is 0 Å². The second-order valence-corrected chi connectivity index (χ2v) is 4.13. The van der Waals surface area contributed by atoms with Gasteiger partial charge >= 0.3 is 6.36 Å². The number of rotatable bonds is 5. The van der Waals surface area contributed by atoms with Crippen LogP contribution in [0, 0.1) is 12.3 Å². The largest absolute Gasteiger partial charge is 0.573 e. The number of benzene rings is 1. The van der Waals surface area contributed by atoms with Crippen LogP contribution in [-0.2, 0) is 0 Å². The van der Waals surface area contributed by atoms with Crippen LogP contribution >= 0.6 is 0 Å². The van der Waals surface area contributed by atoms with Crippen molar-refractivity contribution in [3.05, 3.63) is 29.8 Å². The van der Waals surface area contributed by atoms with Crippen LogP contribution in [0.25, 0.3) is 0 Å². The van der Waals surface area contributed by atoms with Crippen molar-refractivity contribution >= 4 is 0 Å². The summed E-state index contributed by atoms with van der Waals surface area (Å²) >= 11 is 0. The van der Waals surface area contributed by atoms with Gasteiger partial charge in [0.2, 0.25) is 0 Å². The summed E-state index contributed by atoms with van der Waals surface area (Å²) in [6.07, 6.45) is 1.47. The van der Waals surface area contributed by atoms with Gasteiger partial charge in [-0.05, 0) is 31.0 Å². The highest BCUT2D eigenvalue weighted by molar-refractivity contribution is 5.29. The molecule has 0 spiro atoms. The Hall–Kier alpha value is -1.67. The summed E-state index contributed by atoms with van der Waals surface area (Å²) in [6.45, 7) is 3.87. The first-order valence-electron chi connectivity index (χ1n) is 5.93. The zero-order chi connectivity index (χ0) is 14.5. The maximum Gasteiger partial charge on any atom is 0.573 e. The quantitative estimate of drug-likeness (QED) is 0.825. The molecule has 0 fully saturated rings. The number of nitrogens with one attached hydrogen (secondary N) is 1. The summed E-state index contributed by atoms with van der Waals surface area (Å²) in [5.74, 6) is 2.38. The lowest BCUT2D eigenvalue weighted by atomic mass is 10.1. The molecule has 0 aliphatic rings. The zero-order valence-electron chi connectivity index (χ0n) is 10.8. The SMILES string of the molecule is C#CC(CC)NC(C)c1ccc(OC(F)(F)F)cc1. The summed E-state index contributed by atoms with van der Waals surface area (Å²) < 4.78 is 39.8. The molecule has 0 amide bonds. The molecule has 0 aliphatic carbocycles. The molecule has 2 nitrogen and oxygen atoms in total. The van der Waals surface area contributed by atoms with Gasteiger partial charge in [0.05, 0.1) is 6.04 Å². The van der Waals surface area contributed by atoms with Crippen LogP contribution < -0.4 is 10.1 Å². The van der Waals surface area contributed by atoms with Crippen molar-refractivity contribution in [3.63, 3.8) is 0 Å². The molecule has 1 rings (SSSR count). The van der Waals surface area contributed by atoms with Crippen LogP contribution in [0.4, 0.5) is 13.2 Å².